The van der Waals surface area contributed by atoms with E-state index in [9.17, 15) is 14.4 Å². The van der Waals surface area contributed by atoms with Crippen LogP contribution in [-0.2, 0) is 4.79 Å². The predicted molar refractivity (Wildman–Crippen MR) is 110 cm³/mol. The number of ketones is 1. The van der Waals surface area contributed by atoms with E-state index >= 15 is 0 Å². The minimum absolute atomic E-state index is 0.0382. The van der Waals surface area contributed by atoms with Crippen molar-refractivity contribution in [2.24, 2.45) is 5.92 Å². The summed E-state index contributed by atoms with van der Waals surface area (Å²) >= 11 is 11.9. The number of furan rings is 1. The number of rotatable bonds is 7. The molecule has 29 heavy (non-hydrogen) atoms. The van der Waals surface area contributed by atoms with Gasteiger partial charge in [-0.15, -0.1) is 0 Å². The summed E-state index contributed by atoms with van der Waals surface area (Å²) in [6, 6.07) is 8.14. The van der Waals surface area contributed by atoms with Crippen LogP contribution in [0.4, 0.5) is 0 Å². The molecule has 0 saturated carbocycles. The van der Waals surface area contributed by atoms with Gasteiger partial charge in [-0.25, -0.2) is 0 Å². The van der Waals surface area contributed by atoms with E-state index in [-0.39, 0.29) is 29.3 Å². The van der Waals surface area contributed by atoms with E-state index in [4.69, 9.17) is 27.6 Å². The molecule has 1 aromatic carbocycles. The van der Waals surface area contributed by atoms with Crippen LogP contribution < -0.4 is 5.32 Å². The van der Waals surface area contributed by atoms with Crippen molar-refractivity contribution in [1.82, 2.24) is 10.2 Å². The van der Waals surface area contributed by atoms with Crippen LogP contribution in [0.1, 0.15) is 46.6 Å². The highest BCUT2D eigenvalue weighted by molar-refractivity contribution is 6.42. The molecule has 1 N–H and O–H groups in total. The van der Waals surface area contributed by atoms with Gasteiger partial charge >= 0.3 is 0 Å². The van der Waals surface area contributed by atoms with Crippen molar-refractivity contribution in [1.29, 1.82) is 0 Å². The topological polar surface area (TPSA) is 79.6 Å². The fraction of sp³-hybridized carbons (Fsp3) is 0.381. The van der Waals surface area contributed by atoms with E-state index in [2.05, 4.69) is 5.32 Å². The lowest BCUT2D eigenvalue weighted by Crippen LogP contribution is -2.40. The third-order valence-corrected chi connectivity index (χ3v) is 5.76. The van der Waals surface area contributed by atoms with Crippen molar-refractivity contribution in [2.45, 2.75) is 25.7 Å². The maximum absolute atomic E-state index is 12.7. The van der Waals surface area contributed by atoms with Gasteiger partial charge in [0.15, 0.2) is 11.5 Å². The second kappa shape index (κ2) is 9.94. The first kappa shape index (κ1) is 21.4. The molecule has 1 aliphatic heterocycles. The third-order valence-electron chi connectivity index (χ3n) is 5.02. The van der Waals surface area contributed by atoms with Gasteiger partial charge in [0.05, 0.1) is 16.3 Å². The SMILES string of the molecule is O=C(NCCCC(=O)N1CCC(C(=O)c2ccc(Cl)c(Cl)c2)CC1)c1ccco1. The van der Waals surface area contributed by atoms with Crippen molar-refractivity contribution in [3.05, 3.63) is 58.0 Å². The molecule has 3 rings (SSSR count). The number of carbonyl (C=O) groups excluding carboxylic acids is 3. The highest BCUT2D eigenvalue weighted by Crippen LogP contribution is 2.27. The lowest BCUT2D eigenvalue weighted by Gasteiger charge is -2.31. The summed E-state index contributed by atoms with van der Waals surface area (Å²) in [4.78, 5) is 38.6. The summed E-state index contributed by atoms with van der Waals surface area (Å²) in [7, 11) is 0. The third kappa shape index (κ3) is 5.61. The Hall–Kier alpha value is -2.31. The highest BCUT2D eigenvalue weighted by atomic mass is 35.5. The molecule has 6 nitrogen and oxygen atoms in total. The van der Waals surface area contributed by atoms with Crippen LogP contribution >= 0.6 is 23.2 Å². The zero-order valence-electron chi connectivity index (χ0n) is 15.8. The molecule has 8 heteroatoms. The number of piperidine rings is 1. The molecule has 0 bridgehead atoms. The molecular formula is C21H22Cl2N2O4. The Morgan fingerprint density at radius 3 is 2.52 bits per heavy atom. The lowest BCUT2D eigenvalue weighted by atomic mass is 9.89. The maximum Gasteiger partial charge on any atom is 0.286 e. The quantitative estimate of drug-likeness (QED) is 0.520. The average Bonchev–Trinajstić information content (AvgIpc) is 3.27. The van der Waals surface area contributed by atoms with Crippen LogP contribution in [0.25, 0.3) is 0 Å². The van der Waals surface area contributed by atoms with Crippen molar-refractivity contribution >= 4 is 40.8 Å². The first-order valence-electron chi connectivity index (χ1n) is 9.54. The van der Waals surface area contributed by atoms with Crippen molar-refractivity contribution in [3.8, 4) is 0 Å². The minimum atomic E-state index is -0.288. The summed E-state index contributed by atoms with van der Waals surface area (Å²) in [5, 5.41) is 3.51. The van der Waals surface area contributed by atoms with Gasteiger partial charge in [-0.3, -0.25) is 14.4 Å². The van der Waals surface area contributed by atoms with Crippen LogP contribution in [0.5, 0.6) is 0 Å². The Morgan fingerprint density at radius 1 is 1.10 bits per heavy atom. The number of nitrogens with one attached hydrogen (secondary N) is 1. The van der Waals surface area contributed by atoms with E-state index in [1.165, 1.54) is 6.26 Å². The van der Waals surface area contributed by atoms with E-state index in [0.29, 0.717) is 60.9 Å². The predicted octanol–water partition coefficient (Wildman–Crippen LogP) is 4.22. The first-order chi connectivity index (χ1) is 14.0. The van der Waals surface area contributed by atoms with E-state index in [1.807, 2.05) is 0 Å². The van der Waals surface area contributed by atoms with Gasteiger partial charge in [0, 0.05) is 37.5 Å². The molecule has 1 saturated heterocycles. The maximum atomic E-state index is 12.7. The van der Waals surface area contributed by atoms with Gasteiger partial charge in [0.1, 0.15) is 0 Å². The van der Waals surface area contributed by atoms with Crippen LogP contribution in [0.3, 0.4) is 0 Å². The molecule has 0 aliphatic carbocycles. The van der Waals surface area contributed by atoms with Gasteiger partial charge in [-0.2, -0.15) is 0 Å². The number of likely N-dealkylation sites (tertiary alicyclic amines) is 1. The molecule has 0 atom stereocenters. The van der Waals surface area contributed by atoms with Gasteiger partial charge in [-0.1, -0.05) is 23.2 Å². The summed E-state index contributed by atoms with van der Waals surface area (Å²) in [5.74, 6) is -0.0769. The molecule has 1 aliphatic rings. The Balaban J connectivity index is 1.39. The summed E-state index contributed by atoms with van der Waals surface area (Å²) in [5.41, 5.74) is 0.552. The minimum Gasteiger partial charge on any atom is -0.459 e. The first-order valence-corrected chi connectivity index (χ1v) is 10.3. The molecule has 0 radical (unpaired) electrons. The van der Waals surface area contributed by atoms with Crippen molar-refractivity contribution < 1.29 is 18.8 Å². The standard InChI is InChI=1S/C21H22Cl2N2O4/c22-16-6-5-15(13-17(16)23)20(27)14-7-10-25(11-8-14)19(26)4-1-9-24-21(28)18-3-2-12-29-18/h2-3,5-6,12-14H,1,4,7-11H2,(H,24,28). The largest absolute Gasteiger partial charge is 0.459 e. The number of hydrogen-bond donors (Lipinski definition) is 1. The summed E-state index contributed by atoms with van der Waals surface area (Å²) in [6.45, 7) is 1.50. The number of Topliss-reactive ketones (excluding diaryl/α,β-unsaturated/α-hetero) is 1. The van der Waals surface area contributed by atoms with E-state index < -0.39 is 0 Å². The zero-order chi connectivity index (χ0) is 20.8. The number of hydrogen-bond acceptors (Lipinski definition) is 4. The van der Waals surface area contributed by atoms with Gasteiger partial charge in [0.2, 0.25) is 5.91 Å². The van der Waals surface area contributed by atoms with Gasteiger partial charge in [0.25, 0.3) is 5.91 Å². The molecule has 0 unspecified atom stereocenters. The van der Waals surface area contributed by atoms with Crippen LogP contribution in [0, 0.1) is 5.92 Å². The van der Waals surface area contributed by atoms with Crippen molar-refractivity contribution in [3.63, 3.8) is 0 Å². The Labute approximate surface area is 179 Å². The zero-order valence-corrected chi connectivity index (χ0v) is 17.3. The Kier molecular flexibility index (Phi) is 7.34. The number of nitrogens with zero attached hydrogens (tertiary/aromatic N) is 1. The molecule has 1 fully saturated rings. The molecule has 2 aromatic rings. The fourth-order valence-corrected chi connectivity index (χ4v) is 3.67. The molecule has 2 heterocycles. The Bertz CT molecular complexity index is 875. The summed E-state index contributed by atoms with van der Waals surface area (Å²) < 4.78 is 5.01. The monoisotopic (exact) mass is 436 g/mol. The number of amides is 2. The van der Waals surface area contributed by atoms with E-state index in [0.717, 1.165) is 0 Å². The second-order valence-electron chi connectivity index (χ2n) is 6.98. The molecule has 1 aromatic heterocycles. The molecule has 2 amide bonds. The normalized spacial score (nSPS) is 14.6. The Morgan fingerprint density at radius 2 is 1.86 bits per heavy atom. The van der Waals surface area contributed by atoms with Gasteiger partial charge < -0.3 is 14.6 Å². The second-order valence-corrected chi connectivity index (χ2v) is 7.80. The van der Waals surface area contributed by atoms with Crippen LogP contribution in [-0.4, -0.2) is 42.1 Å². The lowest BCUT2D eigenvalue weighted by molar-refractivity contribution is -0.132. The number of benzene rings is 1. The van der Waals surface area contributed by atoms with Crippen LogP contribution in [0.2, 0.25) is 10.0 Å². The van der Waals surface area contributed by atoms with Crippen LogP contribution in [0.15, 0.2) is 41.0 Å². The van der Waals surface area contributed by atoms with E-state index in [1.54, 1.807) is 35.2 Å². The number of carbonyl (C=O) groups is 3. The van der Waals surface area contributed by atoms with Gasteiger partial charge in [-0.05, 0) is 49.6 Å². The average molecular weight is 437 g/mol. The molecular weight excluding hydrogens is 415 g/mol. The smallest absolute Gasteiger partial charge is 0.286 e. The van der Waals surface area contributed by atoms with Crippen molar-refractivity contribution in [2.75, 3.05) is 19.6 Å². The highest BCUT2D eigenvalue weighted by Gasteiger charge is 2.28. The fourth-order valence-electron chi connectivity index (χ4n) is 3.37. The molecule has 0 spiro atoms. The molecule has 154 valence electrons. The number of halogens is 2. The summed E-state index contributed by atoms with van der Waals surface area (Å²) in [6.07, 6.45) is 3.59.